The molecule has 2 rings (SSSR count). The minimum absolute atomic E-state index is 0.200. The van der Waals surface area contributed by atoms with Gasteiger partial charge in [0.15, 0.2) is 0 Å². The molecule has 104 valence electrons. The normalized spacial score (nSPS) is 24.4. The van der Waals surface area contributed by atoms with E-state index in [1.165, 1.54) is 0 Å². The molecule has 0 aliphatic carbocycles. The number of rotatable bonds is 3. The lowest BCUT2D eigenvalue weighted by atomic mass is 9.96. The number of aliphatic hydroxyl groups excluding tert-OH is 1. The lowest BCUT2D eigenvalue weighted by Crippen LogP contribution is -2.41. The van der Waals surface area contributed by atoms with Crippen molar-refractivity contribution in [3.05, 3.63) is 33.8 Å². The van der Waals surface area contributed by atoms with Crippen molar-refractivity contribution >= 4 is 21.9 Å². The first-order valence-corrected chi connectivity index (χ1v) is 7.19. The lowest BCUT2D eigenvalue weighted by Gasteiger charge is -2.34. The molecule has 4 nitrogen and oxygen atoms in total. The van der Waals surface area contributed by atoms with Gasteiger partial charge < -0.3 is 10.2 Å². The van der Waals surface area contributed by atoms with Crippen molar-refractivity contribution < 1.29 is 15.0 Å². The van der Waals surface area contributed by atoms with Crippen LogP contribution in [-0.4, -0.2) is 40.3 Å². The molecule has 0 spiro atoms. The summed E-state index contributed by atoms with van der Waals surface area (Å²) in [5, 5.41) is 18.6. The number of hydrogen-bond donors (Lipinski definition) is 2. The van der Waals surface area contributed by atoms with Crippen LogP contribution in [0.1, 0.15) is 29.3 Å². The van der Waals surface area contributed by atoms with E-state index in [2.05, 4.69) is 27.8 Å². The highest BCUT2D eigenvalue weighted by Gasteiger charge is 2.24. The Morgan fingerprint density at radius 3 is 2.84 bits per heavy atom. The third-order valence-corrected chi connectivity index (χ3v) is 4.38. The number of likely N-dealkylation sites (tertiary alicyclic amines) is 1. The van der Waals surface area contributed by atoms with Gasteiger partial charge in [0, 0.05) is 24.1 Å². The van der Waals surface area contributed by atoms with Crippen LogP contribution in [0.4, 0.5) is 0 Å². The highest BCUT2D eigenvalue weighted by molar-refractivity contribution is 9.10. The van der Waals surface area contributed by atoms with Gasteiger partial charge in [0.1, 0.15) is 0 Å². The first-order chi connectivity index (χ1) is 8.97. The Labute approximate surface area is 121 Å². The first-order valence-electron chi connectivity index (χ1n) is 6.39. The Bertz CT molecular complexity index is 478. The summed E-state index contributed by atoms with van der Waals surface area (Å²) in [5.41, 5.74) is 1.37. The van der Waals surface area contributed by atoms with Gasteiger partial charge in [-0.25, -0.2) is 4.79 Å². The summed E-state index contributed by atoms with van der Waals surface area (Å²) in [6.07, 6.45) is 0.598. The highest BCUT2D eigenvalue weighted by Crippen LogP contribution is 2.23. The number of aliphatic hydroxyl groups is 1. The van der Waals surface area contributed by atoms with Gasteiger partial charge in [-0.3, -0.25) is 4.90 Å². The number of carboxylic acids is 1. The van der Waals surface area contributed by atoms with E-state index in [9.17, 15) is 9.90 Å². The van der Waals surface area contributed by atoms with E-state index in [1.807, 2.05) is 6.07 Å². The lowest BCUT2D eigenvalue weighted by molar-refractivity contribution is 0.0319. The van der Waals surface area contributed by atoms with Crippen molar-refractivity contribution in [1.82, 2.24) is 4.90 Å². The van der Waals surface area contributed by atoms with E-state index in [0.29, 0.717) is 0 Å². The average molecular weight is 328 g/mol. The van der Waals surface area contributed by atoms with Gasteiger partial charge in [-0.2, -0.15) is 0 Å². The van der Waals surface area contributed by atoms with Crippen LogP contribution in [0.2, 0.25) is 0 Å². The minimum Gasteiger partial charge on any atom is -0.478 e. The molecule has 1 fully saturated rings. The third kappa shape index (κ3) is 3.55. The maximum atomic E-state index is 10.9. The molecule has 19 heavy (non-hydrogen) atoms. The SMILES string of the molecule is CC1CN(Cc2ccc(C(=O)O)cc2Br)CCC1O. The number of nitrogens with zero attached hydrogens (tertiary/aromatic N) is 1. The molecule has 1 saturated heterocycles. The summed E-state index contributed by atoms with van der Waals surface area (Å²) in [4.78, 5) is 13.2. The molecule has 1 aliphatic rings. The van der Waals surface area contributed by atoms with Gasteiger partial charge >= 0.3 is 5.97 Å². The first kappa shape index (κ1) is 14.5. The van der Waals surface area contributed by atoms with Crippen molar-refractivity contribution in [3.63, 3.8) is 0 Å². The van der Waals surface area contributed by atoms with Crippen LogP contribution in [0.5, 0.6) is 0 Å². The monoisotopic (exact) mass is 327 g/mol. The molecule has 1 aromatic rings. The minimum atomic E-state index is -0.915. The fourth-order valence-corrected chi connectivity index (χ4v) is 2.92. The molecule has 2 N–H and O–H groups in total. The van der Waals surface area contributed by atoms with Crippen LogP contribution in [0, 0.1) is 5.92 Å². The number of aromatic carboxylic acids is 1. The van der Waals surface area contributed by atoms with Gasteiger partial charge in [0.05, 0.1) is 11.7 Å². The maximum absolute atomic E-state index is 10.9. The summed E-state index contributed by atoms with van der Waals surface area (Å²) >= 11 is 3.43. The molecule has 0 saturated carbocycles. The van der Waals surface area contributed by atoms with E-state index < -0.39 is 5.97 Å². The van der Waals surface area contributed by atoms with Gasteiger partial charge in [-0.1, -0.05) is 28.9 Å². The number of benzene rings is 1. The molecule has 1 heterocycles. The molecule has 2 unspecified atom stereocenters. The Balaban J connectivity index is 2.05. The third-order valence-electron chi connectivity index (χ3n) is 3.64. The van der Waals surface area contributed by atoms with E-state index in [1.54, 1.807) is 12.1 Å². The van der Waals surface area contributed by atoms with Gasteiger partial charge in [0.25, 0.3) is 0 Å². The molecule has 1 aliphatic heterocycles. The van der Waals surface area contributed by atoms with Crippen LogP contribution in [0.15, 0.2) is 22.7 Å². The number of halogens is 1. The standard InChI is InChI=1S/C14H18BrNO3/c1-9-7-16(5-4-13(9)17)8-11-3-2-10(14(18)19)6-12(11)15/h2-3,6,9,13,17H,4-5,7-8H2,1H3,(H,18,19). The molecule has 2 atom stereocenters. The highest BCUT2D eigenvalue weighted by atomic mass is 79.9. The van der Waals surface area contributed by atoms with Crippen LogP contribution >= 0.6 is 15.9 Å². The fraction of sp³-hybridized carbons (Fsp3) is 0.500. The molecule has 5 heteroatoms. The Kier molecular flexibility index (Phi) is 4.60. The summed E-state index contributed by atoms with van der Waals surface area (Å²) < 4.78 is 0.825. The topological polar surface area (TPSA) is 60.8 Å². The van der Waals surface area contributed by atoms with Crippen LogP contribution in [-0.2, 0) is 6.54 Å². The van der Waals surface area contributed by atoms with Crippen molar-refractivity contribution in [2.75, 3.05) is 13.1 Å². The van der Waals surface area contributed by atoms with E-state index in [4.69, 9.17) is 5.11 Å². The average Bonchev–Trinajstić information content (AvgIpc) is 2.36. The van der Waals surface area contributed by atoms with E-state index >= 15 is 0 Å². The van der Waals surface area contributed by atoms with Crippen molar-refractivity contribution in [2.45, 2.75) is 26.0 Å². The zero-order chi connectivity index (χ0) is 14.0. The second-order valence-corrected chi connectivity index (χ2v) is 6.03. The Hall–Kier alpha value is -0.910. The smallest absolute Gasteiger partial charge is 0.335 e. The zero-order valence-electron chi connectivity index (χ0n) is 10.8. The summed E-state index contributed by atoms with van der Waals surface area (Å²) in [6, 6.07) is 5.12. The summed E-state index contributed by atoms with van der Waals surface area (Å²) in [5.74, 6) is -0.632. The van der Waals surface area contributed by atoms with Gasteiger partial charge in [0.2, 0.25) is 0 Å². The Morgan fingerprint density at radius 2 is 2.26 bits per heavy atom. The molecule has 1 aromatic carbocycles. The van der Waals surface area contributed by atoms with Crippen molar-refractivity contribution in [3.8, 4) is 0 Å². The Morgan fingerprint density at radius 1 is 1.53 bits per heavy atom. The summed E-state index contributed by atoms with van der Waals surface area (Å²) in [6.45, 7) is 4.57. The number of carbonyl (C=O) groups is 1. The van der Waals surface area contributed by atoms with E-state index in [0.717, 1.165) is 36.1 Å². The molecule has 0 radical (unpaired) electrons. The van der Waals surface area contributed by atoms with Gasteiger partial charge in [-0.15, -0.1) is 0 Å². The predicted molar refractivity (Wildman–Crippen MR) is 76.2 cm³/mol. The molecule has 0 aromatic heterocycles. The number of piperidine rings is 1. The number of hydrogen-bond acceptors (Lipinski definition) is 3. The summed E-state index contributed by atoms with van der Waals surface area (Å²) in [7, 11) is 0. The maximum Gasteiger partial charge on any atom is 0.335 e. The zero-order valence-corrected chi connectivity index (χ0v) is 12.4. The van der Waals surface area contributed by atoms with Crippen molar-refractivity contribution in [2.24, 2.45) is 5.92 Å². The largest absolute Gasteiger partial charge is 0.478 e. The second kappa shape index (κ2) is 6.03. The van der Waals surface area contributed by atoms with Crippen LogP contribution < -0.4 is 0 Å². The second-order valence-electron chi connectivity index (χ2n) is 5.18. The van der Waals surface area contributed by atoms with Crippen molar-refractivity contribution in [1.29, 1.82) is 0 Å². The molecular formula is C14H18BrNO3. The molecular weight excluding hydrogens is 310 g/mol. The van der Waals surface area contributed by atoms with E-state index in [-0.39, 0.29) is 17.6 Å². The quantitative estimate of drug-likeness (QED) is 0.894. The van der Waals surface area contributed by atoms with Gasteiger partial charge in [-0.05, 0) is 30.0 Å². The van der Waals surface area contributed by atoms with Crippen LogP contribution in [0.25, 0.3) is 0 Å². The molecule has 0 amide bonds. The van der Waals surface area contributed by atoms with Crippen LogP contribution in [0.3, 0.4) is 0 Å². The molecule has 0 bridgehead atoms. The number of carboxylic acid groups (broad SMARTS) is 1. The predicted octanol–water partition coefficient (Wildman–Crippen LogP) is 2.35. The fourth-order valence-electron chi connectivity index (χ4n) is 2.41.